The van der Waals surface area contributed by atoms with E-state index >= 15 is 0 Å². The number of anilines is 3. The van der Waals surface area contributed by atoms with E-state index in [1.807, 2.05) is 13.0 Å². The number of halogens is 2. The summed E-state index contributed by atoms with van der Waals surface area (Å²) >= 11 is 6.05. The number of benzene rings is 2. The first-order valence-corrected chi connectivity index (χ1v) is 7.96. The molecule has 1 amide bonds. The highest BCUT2D eigenvalue weighted by Crippen LogP contribution is 2.21. The Morgan fingerprint density at radius 2 is 1.84 bits per heavy atom. The van der Waals surface area contributed by atoms with Gasteiger partial charge >= 0.3 is 0 Å². The summed E-state index contributed by atoms with van der Waals surface area (Å²) in [7, 11) is 0. The van der Waals surface area contributed by atoms with Crippen LogP contribution in [-0.2, 0) is 0 Å². The molecule has 0 aliphatic carbocycles. The Labute approximate surface area is 149 Å². The maximum atomic E-state index is 13.6. The van der Waals surface area contributed by atoms with Gasteiger partial charge in [-0.25, -0.2) is 9.37 Å². The fourth-order valence-corrected chi connectivity index (χ4v) is 2.37. The molecule has 3 rings (SSSR count). The van der Waals surface area contributed by atoms with E-state index in [1.165, 1.54) is 12.3 Å². The summed E-state index contributed by atoms with van der Waals surface area (Å²) in [6.45, 7) is 1.89. The summed E-state index contributed by atoms with van der Waals surface area (Å²) in [5, 5.41) is 6.23. The number of aromatic nitrogens is 1. The van der Waals surface area contributed by atoms with Gasteiger partial charge in [0.1, 0.15) is 11.5 Å². The van der Waals surface area contributed by atoms with Gasteiger partial charge in [0.2, 0.25) is 0 Å². The molecule has 0 saturated carbocycles. The normalized spacial score (nSPS) is 10.4. The summed E-state index contributed by atoms with van der Waals surface area (Å²) in [5.41, 5.74) is 2.70. The molecule has 4 nitrogen and oxygen atoms in total. The zero-order chi connectivity index (χ0) is 17.8. The molecular weight excluding hydrogens is 341 g/mol. The number of carbonyl (C=O) groups excluding carboxylic acids is 1. The van der Waals surface area contributed by atoms with E-state index in [-0.39, 0.29) is 17.4 Å². The topological polar surface area (TPSA) is 54.0 Å². The first-order chi connectivity index (χ1) is 12.0. The molecule has 0 aliphatic rings. The monoisotopic (exact) mass is 355 g/mol. The van der Waals surface area contributed by atoms with E-state index in [4.69, 9.17) is 11.6 Å². The van der Waals surface area contributed by atoms with Crippen molar-refractivity contribution in [2.45, 2.75) is 6.92 Å². The zero-order valence-corrected chi connectivity index (χ0v) is 14.1. The number of amides is 1. The minimum atomic E-state index is -0.361. The lowest BCUT2D eigenvalue weighted by atomic mass is 10.2. The van der Waals surface area contributed by atoms with Crippen molar-refractivity contribution < 1.29 is 9.18 Å². The second-order valence-electron chi connectivity index (χ2n) is 5.46. The molecule has 0 fully saturated rings. The van der Waals surface area contributed by atoms with Crippen molar-refractivity contribution in [1.82, 2.24) is 4.98 Å². The van der Waals surface area contributed by atoms with Crippen LogP contribution < -0.4 is 10.6 Å². The third-order valence-electron chi connectivity index (χ3n) is 3.58. The van der Waals surface area contributed by atoms with Gasteiger partial charge in [-0.1, -0.05) is 29.8 Å². The van der Waals surface area contributed by atoms with E-state index in [2.05, 4.69) is 15.6 Å². The van der Waals surface area contributed by atoms with Crippen LogP contribution >= 0.6 is 11.6 Å². The van der Waals surface area contributed by atoms with Crippen LogP contribution in [0.3, 0.4) is 0 Å². The van der Waals surface area contributed by atoms with Gasteiger partial charge in [-0.2, -0.15) is 0 Å². The second-order valence-corrected chi connectivity index (χ2v) is 5.86. The van der Waals surface area contributed by atoms with Crippen molar-refractivity contribution in [2.75, 3.05) is 10.6 Å². The average Bonchev–Trinajstić information content (AvgIpc) is 2.61. The minimum Gasteiger partial charge on any atom is -0.352 e. The van der Waals surface area contributed by atoms with E-state index in [0.717, 1.165) is 5.56 Å². The molecule has 0 spiro atoms. The number of para-hydroxylation sites is 1. The van der Waals surface area contributed by atoms with Gasteiger partial charge in [0.15, 0.2) is 0 Å². The van der Waals surface area contributed by atoms with E-state index in [0.29, 0.717) is 22.1 Å². The van der Waals surface area contributed by atoms with Gasteiger partial charge in [0.05, 0.1) is 17.6 Å². The Balaban J connectivity index is 1.70. The standard InChI is InChI=1S/C19H15ClFN3O/c1-12-6-7-13(10-15(12)20)24-19(25)18-9-8-14(11-22-18)23-17-5-3-2-4-16(17)21/h2-11,23H,1H3,(H,24,25). The Morgan fingerprint density at radius 3 is 2.52 bits per heavy atom. The van der Waals surface area contributed by atoms with Crippen molar-refractivity contribution in [2.24, 2.45) is 0 Å². The van der Waals surface area contributed by atoms with Gasteiger partial charge in [-0.3, -0.25) is 4.79 Å². The molecule has 0 unspecified atom stereocenters. The highest BCUT2D eigenvalue weighted by Gasteiger charge is 2.09. The third-order valence-corrected chi connectivity index (χ3v) is 3.99. The molecule has 126 valence electrons. The molecule has 0 atom stereocenters. The number of hydrogen-bond donors (Lipinski definition) is 2. The Kier molecular flexibility index (Phi) is 4.95. The van der Waals surface area contributed by atoms with Gasteiger partial charge in [0, 0.05) is 10.7 Å². The third kappa shape index (κ3) is 4.14. The van der Waals surface area contributed by atoms with Crippen molar-refractivity contribution in [1.29, 1.82) is 0 Å². The van der Waals surface area contributed by atoms with Crippen LogP contribution in [-0.4, -0.2) is 10.9 Å². The first-order valence-electron chi connectivity index (χ1n) is 7.58. The highest BCUT2D eigenvalue weighted by molar-refractivity contribution is 6.31. The van der Waals surface area contributed by atoms with Crippen molar-refractivity contribution in [3.8, 4) is 0 Å². The van der Waals surface area contributed by atoms with E-state index < -0.39 is 0 Å². The van der Waals surface area contributed by atoms with Crippen molar-refractivity contribution in [3.05, 3.63) is 82.9 Å². The maximum Gasteiger partial charge on any atom is 0.274 e. The number of nitrogens with zero attached hydrogens (tertiary/aromatic N) is 1. The fourth-order valence-electron chi connectivity index (χ4n) is 2.19. The zero-order valence-electron chi connectivity index (χ0n) is 13.4. The van der Waals surface area contributed by atoms with Crippen molar-refractivity contribution >= 4 is 34.6 Å². The van der Waals surface area contributed by atoms with Crippen LogP contribution in [0.2, 0.25) is 5.02 Å². The molecule has 2 N–H and O–H groups in total. The number of carbonyl (C=O) groups is 1. The van der Waals surface area contributed by atoms with Crippen LogP contribution in [0.15, 0.2) is 60.8 Å². The number of pyridine rings is 1. The minimum absolute atomic E-state index is 0.246. The maximum absolute atomic E-state index is 13.6. The molecule has 0 bridgehead atoms. The van der Waals surface area contributed by atoms with Crippen LogP contribution in [0.4, 0.5) is 21.5 Å². The van der Waals surface area contributed by atoms with E-state index in [1.54, 1.807) is 42.5 Å². The number of aryl methyl sites for hydroxylation is 1. The first kappa shape index (κ1) is 16.9. The molecule has 0 saturated heterocycles. The van der Waals surface area contributed by atoms with Gasteiger partial charge in [0.25, 0.3) is 5.91 Å². The highest BCUT2D eigenvalue weighted by atomic mass is 35.5. The lowest BCUT2D eigenvalue weighted by Crippen LogP contribution is -2.13. The molecule has 0 aliphatic heterocycles. The van der Waals surface area contributed by atoms with Crippen LogP contribution in [0.1, 0.15) is 16.1 Å². The van der Waals surface area contributed by atoms with Crippen molar-refractivity contribution in [3.63, 3.8) is 0 Å². The molecule has 25 heavy (non-hydrogen) atoms. The van der Waals surface area contributed by atoms with Gasteiger partial charge < -0.3 is 10.6 Å². The largest absolute Gasteiger partial charge is 0.352 e. The van der Waals surface area contributed by atoms with Gasteiger partial charge in [-0.15, -0.1) is 0 Å². The lowest BCUT2D eigenvalue weighted by Gasteiger charge is -2.09. The average molecular weight is 356 g/mol. The number of rotatable bonds is 4. The Morgan fingerprint density at radius 1 is 1.08 bits per heavy atom. The number of nitrogens with one attached hydrogen (secondary N) is 2. The Bertz CT molecular complexity index is 913. The molecule has 1 aromatic heterocycles. The predicted molar refractivity (Wildman–Crippen MR) is 98.1 cm³/mol. The van der Waals surface area contributed by atoms with Crippen LogP contribution in [0.5, 0.6) is 0 Å². The summed E-state index contributed by atoms with van der Waals surface area (Å²) in [4.78, 5) is 16.3. The van der Waals surface area contributed by atoms with Crippen LogP contribution in [0.25, 0.3) is 0 Å². The molecular formula is C19H15ClFN3O. The predicted octanol–water partition coefficient (Wildman–Crippen LogP) is 5.18. The summed E-state index contributed by atoms with van der Waals surface area (Å²) < 4.78 is 13.6. The van der Waals surface area contributed by atoms with Crippen LogP contribution in [0, 0.1) is 12.7 Å². The molecule has 6 heteroatoms. The lowest BCUT2D eigenvalue weighted by molar-refractivity contribution is 0.102. The summed E-state index contributed by atoms with van der Waals surface area (Å²) in [5.74, 6) is -0.710. The summed E-state index contributed by atoms with van der Waals surface area (Å²) in [6, 6.07) is 14.8. The quantitative estimate of drug-likeness (QED) is 0.678. The second kappa shape index (κ2) is 7.32. The number of hydrogen-bond acceptors (Lipinski definition) is 3. The Hall–Kier alpha value is -2.92. The van der Waals surface area contributed by atoms with Gasteiger partial charge in [-0.05, 0) is 48.9 Å². The SMILES string of the molecule is Cc1ccc(NC(=O)c2ccc(Nc3ccccc3F)cn2)cc1Cl. The molecule has 3 aromatic rings. The molecule has 0 radical (unpaired) electrons. The molecule has 2 aromatic carbocycles. The fraction of sp³-hybridized carbons (Fsp3) is 0.0526. The van der Waals surface area contributed by atoms with E-state index in [9.17, 15) is 9.18 Å². The summed E-state index contributed by atoms with van der Waals surface area (Å²) in [6.07, 6.45) is 1.48. The molecule has 1 heterocycles. The smallest absolute Gasteiger partial charge is 0.274 e.